The van der Waals surface area contributed by atoms with E-state index in [9.17, 15) is 14.4 Å². The summed E-state index contributed by atoms with van der Waals surface area (Å²) in [5, 5.41) is 0. The van der Waals surface area contributed by atoms with Gasteiger partial charge in [0.25, 0.3) is 0 Å². The molecule has 1 heterocycles. The topological polar surface area (TPSA) is 97.4 Å². The van der Waals surface area contributed by atoms with E-state index in [0.29, 0.717) is 5.56 Å². The Hall–Kier alpha value is -4.79. The molecule has 0 aromatic heterocycles. The molecule has 4 aromatic carbocycles. The lowest BCUT2D eigenvalue weighted by Crippen LogP contribution is -2.58. The van der Waals surface area contributed by atoms with Crippen LogP contribution in [0.15, 0.2) is 121 Å². The summed E-state index contributed by atoms with van der Waals surface area (Å²) in [6.45, 7) is -0.0249. The molecule has 208 valence electrons. The summed E-state index contributed by atoms with van der Waals surface area (Å²) in [7, 11) is 0. The third kappa shape index (κ3) is 7.25. The summed E-state index contributed by atoms with van der Waals surface area (Å²) < 4.78 is 29.6. The van der Waals surface area contributed by atoms with Crippen molar-refractivity contribution >= 4 is 17.9 Å². The number of carbonyl (C=O) groups is 3. The standard InChI is InChI=1S/C33H28O8/c34-30(24-15-7-2-8-16-24)39-27-22-38-33(37-21-23-13-5-1-6-14-23)29(41-32(36)26-19-11-4-12-20-26)28(27)40-31(35)25-17-9-3-10-18-25/h1-20,27-29,33H,21-22H2/t27-,28-,29-,33+/m1/s1. The average Bonchev–Trinajstić information content (AvgIpc) is 3.03. The van der Waals surface area contributed by atoms with Gasteiger partial charge in [-0.2, -0.15) is 0 Å². The normalized spacial score (nSPS) is 20.0. The van der Waals surface area contributed by atoms with E-state index in [1.54, 1.807) is 91.0 Å². The number of esters is 3. The van der Waals surface area contributed by atoms with E-state index in [0.717, 1.165) is 5.56 Å². The molecule has 1 aliphatic rings. The smallest absolute Gasteiger partial charge is 0.338 e. The summed E-state index contributed by atoms with van der Waals surface area (Å²) >= 11 is 0. The lowest BCUT2D eigenvalue weighted by molar-refractivity contribution is -0.271. The van der Waals surface area contributed by atoms with Crippen molar-refractivity contribution in [2.24, 2.45) is 0 Å². The molecular weight excluding hydrogens is 524 g/mol. The number of hydrogen-bond acceptors (Lipinski definition) is 8. The van der Waals surface area contributed by atoms with Gasteiger partial charge in [0, 0.05) is 0 Å². The third-order valence-electron chi connectivity index (χ3n) is 6.41. The van der Waals surface area contributed by atoms with Gasteiger partial charge in [0.2, 0.25) is 0 Å². The van der Waals surface area contributed by atoms with Crippen molar-refractivity contribution in [2.75, 3.05) is 6.61 Å². The fourth-order valence-corrected chi connectivity index (χ4v) is 4.32. The Morgan fingerprint density at radius 1 is 0.561 bits per heavy atom. The van der Waals surface area contributed by atoms with E-state index in [2.05, 4.69) is 0 Å². The van der Waals surface area contributed by atoms with Crippen LogP contribution in [0.3, 0.4) is 0 Å². The van der Waals surface area contributed by atoms with Crippen LogP contribution in [-0.2, 0) is 30.3 Å². The molecule has 0 spiro atoms. The molecule has 0 saturated carbocycles. The maximum atomic E-state index is 13.2. The molecule has 4 aromatic rings. The molecule has 0 radical (unpaired) electrons. The van der Waals surface area contributed by atoms with Crippen molar-refractivity contribution in [3.8, 4) is 0 Å². The van der Waals surface area contributed by atoms with E-state index < -0.39 is 42.5 Å². The highest BCUT2D eigenvalue weighted by molar-refractivity contribution is 5.91. The van der Waals surface area contributed by atoms with Crippen molar-refractivity contribution in [3.63, 3.8) is 0 Å². The highest BCUT2D eigenvalue weighted by Gasteiger charge is 2.48. The number of rotatable bonds is 9. The molecule has 1 fully saturated rings. The average molecular weight is 553 g/mol. The Labute approximate surface area is 237 Å². The molecule has 0 N–H and O–H groups in total. The van der Waals surface area contributed by atoms with Gasteiger partial charge in [-0.3, -0.25) is 0 Å². The van der Waals surface area contributed by atoms with Crippen LogP contribution in [0, 0.1) is 0 Å². The second-order valence-corrected chi connectivity index (χ2v) is 9.28. The van der Waals surface area contributed by atoms with E-state index in [-0.39, 0.29) is 24.3 Å². The van der Waals surface area contributed by atoms with E-state index in [1.807, 2.05) is 30.3 Å². The Balaban J connectivity index is 1.45. The molecule has 8 nitrogen and oxygen atoms in total. The van der Waals surface area contributed by atoms with Crippen LogP contribution >= 0.6 is 0 Å². The van der Waals surface area contributed by atoms with Crippen molar-refractivity contribution in [1.82, 2.24) is 0 Å². The van der Waals surface area contributed by atoms with Gasteiger partial charge in [-0.05, 0) is 42.0 Å². The first-order valence-corrected chi connectivity index (χ1v) is 13.1. The van der Waals surface area contributed by atoms with Crippen LogP contribution in [0.25, 0.3) is 0 Å². The molecule has 8 heteroatoms. The largest absolute Gasteiger partial charge is 0.452 e. The molecule has 5 rings (SSSR count). The Kier molecular flexibility index (Phi) is 9.15. The zero-order valence-corrected chi connectivity index (χ0v) is 22.0. The summed E-state index contributed by atoms with van der Waals surface area (Å²) in [6, 6.07) is 34.5. The second kappa shape index (κ2) is 13.5. The molecular formula is C33H28O8. The minimum absolute atomic E-state index is 0.138. The third-order valence-corrected chi connectivity index (χ3v) is 6.41. The SMILES string of the molecule is O=C(O[C@H]1[C@@H](OCc2ccccc2)OC[C@@H](OC(=O)c2ccccc2)[C@H]1OC(=O)c1ccccc1)c1ccccc1. The summed E-state index contributed by atoms with van der Waals surface area (Å²) in [5.74, 6) is -2.00. The van der Waals surface area contributed by atoms with Crippen molar-refractivity contribution in [2.45, 2.75) is 31.2 Å². The van der Waals surface area contributed by atoms with Gasteiger partial charge in [-0.25, -0.2) is 14.4 Å². The van der Waals surface area contributed by atoms with Gasteiger partial charge in [0.1, 0.15) is 0 Å². The molecule has 0 aliphatic carbocycles. The first-order valence-electron chi connectivity index (χ1n) is 13.1. The van der Waals surface area contributed by atoms with Crippen LogP contribution < -0.4 is 0 Å². The second-order valence-electron chi connectivity index (χ2n) is 9.28. The van der Waals surface area contributed by atoms with Crippen LogP contribution in [-0.4, -0.2) is 49.1 Å². The van der Waals surface area contributed by atoms with Gasteiger partial charge in [-0.1, -0.05) is 84.9 Å². The minimum Gasteiger partial charge on any atom is -0.452 e. The fourth-order valence-electron chi connectivity index (χ4n) is 4.32. The fraction of sp³-hybridized carbons (Fsp3) is 0.182. The predicted octanol–water partition coefficient (Wildman–Crippen LogP) is 5.24. The van der Waals surface area contributed by atoms with Crippen molar-refractivity contribution in [3.05, 3.63) is 144 Å². The summed E-state index contributed by atoms with van der Waals surface area (Å²) in [4.78, 5) is 39.4. The number of benzene rings is 4. The van der Waals surface area contributed by atoms with Crippen LogP contribution in [0.4, 0.5) is 0 Å². The number of hydrogen-bond donors (Lipinski definition) is 0. The van der Waals surface area contributed by atoms with E-state index in [4.69, 9.17) is 23.7 Å². The molecule has 4 atom stereocenters. The molecule has 0 amide bonds. The maximum absolute atomic E-state index is 13.2. The van der Waals surface area contributed by atoms with Gasteiger partial charge in [0.15, 0.2) is 24.6 Å². The maximum Gasteiger partial charge on any atom is 0.338 e. The van der Waals surface area contributed by atoms with Gasteiger partial charge in [-0.15, -0.1) is 0 Å². The molecule has 0 bridgehead atoms. The predicted molar refractivity (Wildman–Crippen MR) is 148 cm³/mol. The van der Waals surface area contributed by atoms with Gasteiger partial charge >= 0.3 is 17.9 Å². The molecule has 1 aliphatic heterocycles. The lowest BCUT2D eigenvalue weighted by atomic mass is 10.0. The Bertz CT molecular complexity index is 1430. The van der Waals surface area contributed by atoms with Crippen LogP contribution in [0.2, 0.25) is 0 Å². The molecule has 41 heavy (non-hydrogen) atoms. The van der Waals surface area contributed by atoms with Gasteiger partial charge in [0.05, 0.1) is 29.9 Å². The quantitative estimate of drug-likeness (QED) is 0.206. The van der Waals surface area contributed by atoms with Crippen LogP contribution in [0.5, 0.6) is 0 Å². The lowest BCUT2D eigenvalue weighted by Gasteiger charge is -2.40. The molecule has 1 saturated heterocycles. The van der Waals surface area contributed by atoms with Crippen molar-refractivity contribution < 1.29 is 38.1 Å². The zero-order valence-electron chi connectivity index (χ0n) is 22.0. The Morgan fingerprint density at radius 2 is 0.976 bits per heavy atom. The monoisotopic (exact) mass is 552 g/mol. The van der Waals surface area contributed by atoms with Gasteiger partial charge < -0.3 is 23.7 Å². The first-order chi connectivity index (χ1) is 20.1. The first kappa shape index (κ1) is 27.8. The van der Waals surface area contributed by atoms with E-state index >= 15 is 0 Å². The highest BCUT2D eigenvalue weighted by atomic mass is 16.7. The summed E-state index contributed by atoms with van der Waals surface area (Å²) in [6.07, 6.45) is -4.72. The highest BCUT2D eigenvalue weighted by Crippen LogP contribution is 2.28. The molecule has 0 unspecified atom stereocenters. The number of ether oxygens (including phenoxy) is 5. The summed E-state index contributed by atoms with van der Waals surface area (Å²) in [5.41, 5.74) is 1.73. The Morgan fingerprint density at radius 3 is 1.46 bits per heavy atom. The van der Waals surface area contributed by atoms with Crippen LogP contribution in [0.1, 0.15) is 36.6 Å². The minimum atomic E-state index is -1.26. The number of carbonyl (C=O) groups excluding carboxylic acids is 3. The zero-order chi connectivity index (χ0) is 28.4. The van der Waals surface area contributed by atoms with Crippen molar-refractivity contribution in [1.29, 1.82) is 0 Å². The van der Waals surface area contributed by atoms with E-state index in [1.165, 1.54) is 0 Å².